The molecule has 0 saturated carbocycles. The lowest BCUT2D eigenvalue weighted by molar-refractivity contribution is -0.143. The average molecular weight is 608 g/mol. The summed E-state index contributed by atoms with van der Waals surface area (Å²) in [6.45, 7) is 8.29. The van der Waals surface area contributed by atoms with Crippen LogP contribution in [0.1, 0.15) is 60.3 Å². The summed E-state index contributed by atoms with van der Waals surface area (Å²) >= 11 is 0. The number of cyclic esters (lactones) is 1. The Morgan fingerprint density at radius 3 is 1.93 bits per heavy atom. The fourth-order valence-electron chi connectivity index (χ4n) is 4.35. The Kier molecular flexibility index (Phi) is 9.14. The van der Waals surface area contributed by atoms with Gasteiger partial charge in [-0.3, -0.25) is 4.90 Å². The summed E-state index contributed by atoms with van der Waals surface area (Å²) in [4.78, 5) is 13.8. The van der Waals surface area contributed by atoms with Gasteiger partial charge in [-0.2, -0.15) is 39.5 Å². The van der Waals surface area contributed by atoms with Crippen LogP contribution in [0.2, 0.25) is 0 Å². The third kappa shape index (κ3) is 7.29. The lowest BCUT2D eigenvalue weighted by atomic mass is 9.95. The van der Waals surface area contributed by atoms with Gasteiger partial charge in [-0.15, -0.1) is 0 Å². The van der Waals surface area contributed by atoms with E-state index < -0.39 is 65.6 Å². The SMILES string of the molecule is C=C(/C(=C\C=C(C)C)OC)c1ccc(C(F)(F)F)cc1CN1C(=O)O[C@H](c2cc(C(F)(F)F)cc(C(F)(F)F)c2)[C@@H]1C. The molecular weight excluding hydrogens is 581 g/mol. The molecule has 1 heterocycles. The number of amides is 1. The second-order valence-corrected chi connectivity index (χ2v) is 9.84. The third-order valence-electron chi connectivity index (χ3n) is 6.51. The molecule has 0 aliphatic carbocycles. The van der Waals surface area contributed by atoms with E-state index in [1.807, 2.05) is 0 Å². The fraction of sp³-hybridized carbons (Fsp3) is 0.345. The van der Waals surface area contributed by atoms with Crippen molar-refractivity contribution in [1.82, 2.24) is 4.90 Å². The lowest BCUT2D eigenvalue weighted by Gasteiger charge is -2.24. The zero-order valence-corrected chi connectivity index (χ0v) is 22.8. The number of rotatable bonds is 7. The highest BCUT2D eigenvalue weighted by atomic mass is 19.4. The van der Waals surface area contributed by atoms with Crippen molar-refractivity contribution in [3.05, 3.63) is 99.8 Å². The van der Waals surface area contributed by atoms with Gasteiger partial charge in [-0.25, -0.2) is 4.79 Å². The molecule has 0 N–H and O–H groups in total. The Hall–Kier alpha value is -3.90. The second-order valence-electron chi connectivity index (χ2n) is 9.84. The standard InChI is InChI=1S/C29H26F9NO3/c1-15(2)6-9-24(41-5)16(3)23-8-7-20(27(30,31)32)12-19(23)14-39-17(4)25(42-26(39)40)18-10-21(28(33,34)35)13-22(11-18)29(36,37)38/h6-13,17,25H,3,14H2,1-2,4-5H3/b24-9+/t17-,25-/m0/s1. The lowest BCUT2D eigenvalue weighted by Crippen LogP contribution is -2.32. The maximum atomic E-state index is 13.6. The van der Waals surface area contributed by atoms with E-state index in [0.29, 0.717) is 12.1 Å². The van der Waals surface area contributed by atoms with Gasteiger partial charge < -0.3 is 9.47 Å². The van der Waals surface area contributed by atoms with Crippen molar-refractivity contribution < 1.29 is 53.8 Å². The molecule has 1 amide bonds. The van der Waals surface area contributed by atoms with Crippen LogP contribution in [0.15, 0.2) is 66.5 Å². The van der Waals surface area contributed by atoms with Gasteiger partial charge in [0, 0.05) is 5.57 Å². The van der Waals surface area contributed by atoms with Crippen LogP contribution >= 0.6 is 0 Å². The number of hydrogen-bond acceptors (Lipinski definition) is 3. The van der Waals surface area contributed by atoms with Crippen LogP contribution in [-0.2, 0) is 34.5 Å². The van der Waals surface area contributed by atoms with Crippen LogP contribution in [0.3, 0.4) is 0 Å². The molecule has 2 aromatic carbocycles. The van der Waals surface area contributed by atoms with E-state index in [4.69, 9.17) is 9.47 Å². The minimum absolute atomic E-state index is 0.0561. The Morgan fingerprint density at radius 1 is 0.905 bits per heavy atom. The number of nitrogens with zero attached hydrogens (tertiary/aromatic N) is 1. The zero-order valence-electron chi connectivity index (χ0n) is 22.8. The van der Waals surface area contributed by atoms with Gasteiger partial charge in [0.25, 0.3) is 0 Å². The first-order valence-corrected chi connectivity index (χ1v) is 12.3. The summed E-state index contributed by atoms with van der Waals surface area (Å²) in [7, 11) is 1.33. The van der Waals surface area contributed by atoms with Crippen LogP contribution in [-0.4, -0.2) is 24.1 Å². The average Bonchev–Trinajstić information content (AvgIpc) is 3.15. The van der Waals surface area contributed by atoms with E-state index in [9.17, 15) is 44.3 Å². The number of halogens is 9. The molecular formula is C29H26F9NO3. The van der Waals surface area contributed by atoms with Crippen LogP contribution in [0.25, 0.3) is 5.57 Å². The summed E-state index contributed by atoms with van der Waals surface area (Å²) in [5.41, 5.74) is -3.65. The Morgan fingerprint density at radius 2 is 1.45 bits per heavy atom. The molecule has 13 heteroatoms. The van der Waals surface area contributed by atoms with Crippen LogP contribution in [0.4, 0.5) is 44.3 Å². The number of hydrogen-bond donors (Lipinski definition) is 0. The van der Waals surface area contributed by atoms with Crippen molar-refractivity contribution in [2.24, 2.45) is 0 Å². The highest BCUT2D eigenvalue weighted by Crippen LogP contribution is 2.42. The third-order valence-corrected chi connectivity index (χ3v) is 6.51. The second kappa shape index (κ2) is 11.8. The van der Waals surface area contributed by atoms with Crippen molar-refractivity contribution in [2.75, 3.05) is 7.11 Å². The van der Waals surface area contributed by atoms with Crippen molar-refractivity contribution in [3.63, 3.8) is 0 Å². The molecule has 1 aliphatic heterocycles. The number of ether oxygens (including phenoxy) is 2. The van der Waals surface area contributed by atoms with Gasteiger partial charge in [0.2, 0.25) is 0 Å². The normalized spacial score (nSPS) is 18.2. The molecule has 228 valence electrons. The molecule has 1 saturated heterocycles. The van der Waals surface area contributed by atoms with Gasteiger partial charge in [0.05, 0.1) is 36.4 Å². The number of methoxy groups -OCH3 is 1. The predicted molar refractivity (Wildman–Crippen MR) is 136 cm³/mol. The molecule has 1 fully saturated rings. The number of carbonyl (C=O) groups is 1. The van der Waals surface area contributed by atoms with Gasteiger partial charge in [0.1, 0.15) is 11.9 Å². The molecule has 42 heavy (non-hydrogen) atoms. The monoisotopic (exact) mass is 607 g/mol. The zero-order chi connectivity index (χ0) is 31.8. The van der Waals surface area contributed by atoms with Crippen LogP contribution < -0.4 is 0 Å². The summed E-state index contributed by atoms with van der Waals surface area (Å²) in [6.07, 6.45) is -14.5. The molecule has 4 nitrogen and oxygen atoms in total. The Balaban J connectivity index is 2.07. The maximum Gasteiger partial charge on any atom is 0.416 e. The van der Waals surface area contributed by atoms with Crippen molar-refractivity contribution >= 4 is 11.7 Å². The summed E-state index contributed by atoms with van der Waals surface area (Å²) < 4.78 is 132. The van der Waals surface area contributed by atoms with Gasteiger partial charge >= 0.3 is 24.6 Å². The van der Waals surface area contributed by atoms with Gasteiger partial charge in [0.15, 0.2) is 0 Å². The molecule has 2 aromatic rings. The first-order valence-electron chi connectivity index (χ1n) is 12.3. The summed E-state index contributed by atoms with van der Waals surface area (Å²) in [5.74, 6) is 0.204. The summed E-state index contributed by atoms with van der Waals surface area (Å²) in [6, 6.07) is 2.41. The van der Waals surface area contributed by atoms with E-state index in [-0.39, 0.29) is 28.5 Å². The quantitative estimate of drug-likeness (QED) is 0.179. The van der Waals surface area contributed by atoms with Gasteiger partial charge in [-0.1, -0.05) is 24.3 Å². The van der Waals surface area contributed by atoms with Crippen LogP contribution in [0.5, 0.6) is 0 Å². The fourth-order valence-corrected chi connectivity index (χ4v) is 4.35. The Bertz CT molecular complexity index is 1380. The first-order chi connectivity index (χ1) is 19.2. The van der Waals surface area contributed by atoms with Crippen molar-refractivity contribution in [2.45, 2.75) is 58.0 Å². The number of alkyl halides is 9. The molecule has 0 unspecified atom stereocenters. The molecule has 2 atom stereocenters. The first kappa shape index (κ1) is 32.6. The molecule has 0 bridgehead atoms. The number of benzene rings is 2. The topological polar surface area (TPSA) is 38.8 Å². The Labute approximate surface area is 235 Å². The number of allylic oxidation sites excluding steroid dienone is 4. The smallest absolute Gasteiger partial charge is 0.416 e. The minimum atomic E-state index is -5.13. The van der Waals surface area contributed by atoms with Crippen molar-refractivity contribution in [1.29, 1.82) is 0 Å². The van der Waals surface area contributed by atoms with E-state index >= 15 is 0 Å². The molecule has 0 radical (unpaired) electrons. The number of carbonyl (C=O) groups excluding carboxylic acids is 1. The van der Waals surface area contributed by atoms with Crippen LogP contribution in [0, 0.1) is 0 Å². The van der Waals surface area contributed by atoms with Gasteiger partial charge in [-0.05, 0) is 73.9 Å². The minimum Gasteiger partial charge on any atom is -0.496 e. The largest absolute Gasteiger partial charge is 0.496 e. The predicted octanol–water partition coefficient (Wildman–Crippen LogP) is 9.33. The van der Waals surface area contributed by atoms with E-state index in [1.165, 1.54) is 14.0 Å². The highest BCUT2D eigenvalue weighted by Gasteiger charge is 2.43. The maximum absolute atomic E-state index is 13.6. The molecule has 0 aromatic heterocycles. The summed E-state index contributed by atoms with van der Waals surface area (Å²) in [5, 5.41) is 0. The molecule has 0 spiro atoms. The van der Waals surface area contributed by atoms with E-state index in [0.717, 1.165) is 28.7 Å². The molecule has 3 rings (SSSR count). The molecule has 1 aliphatic rings. The highest BCUT2D eigenvalue weighted by molar-refractivity contribution is 5.78. The van der Waals surface area contributed by atoms with E-state index in [2.05, 4.69) is 6.58 Å². The van der Waals surface area contributed by atoms with Crippen molar-refractivity contribution in [3.8, 4) is 0 Å². The van der Waals surface area contributed by atoms with E-state index in [1.54, 1.807) is 26.0 Å².